The maximum Gasteiger partial charge on any atom is 0.255 e. The van der Waals surface area contributed by atoms with Gasteiger partial charge in [-0.15, -0.1) is 0 Å². The van der Waals surface area contributed by atoms with Crippen LogP contribution < -0.4 is 4.90 Å². The zero-order valence-corrected chi connectivity index (χ0v) is 11.1. The molecule has 1 aromatic carbocycles. The number of aromatic amines is 1. The van der Waals surface area contributed by atoms with Gasteiger partial charge in [-0.1, -0.05) is 0 Å². The molecule has 1 fully saturated rings. The Bertz CT molecular complexity index is 572. The molecule has 0 saturated carbocycles. The fourth-order valence-electron chi connectivity index (χ4n) is 2.46. The minimum absolute atomic E-state index is 0.0602. The van der Waals surface area contributed by atoms with Crippen LogP contribution in [0.5, 0.6) is 0 Å². The molecule has 1 aliphatic heterocycles. The number of halogens is 1. The van der Waals surface area contributed by atoms with Gasteiger partial charge in [0.15, 0.2) is 0 Å². The number of nitrogens with zero attached hydrogens (tertiary/aromatic N) is 2. The number of amides is 1. The molecule has 0 radical (unpaired) electrons. The quantitative estimate of drug-likeness (QED) is 0.910. The Morgan fingerprint density at radius 2 is 1.75 bits per heavy atom. The Kier molecular flexibility index (Phi) is 3.41. The second kappa shape index (κ2) is 5.36. The van der Waals surface area contributed by atoms with E-state index >= 15 is 0 Å². The number of H-pyrrole nitrogens is 1. The monoisotopic (exact) mass is 273 g/mol. The van der Waals surface area contributed by atoms with Gasteiger partial charge in [-0.05, 0) is 30.3 Å². The predicted octanol–water partition coefficient (Wildman–Crippen LogP) is 2.12. The van der Waals surface area contributed by atoms with Gasteiger partial charge in [-0.2, -0.15) is 0 Å². The number of anilines is 1. The molecule has 104 valence electrons. The van der Waals surface area contributed by atoms with Gasteiger partial charge in [0.1, 0.15) is 5.82 Å². The molecule has 1 amide bonds. The largest absolute Gasteiger partial charge is 0.368 e. The number of carbonyl (C=O) groups is 1. The zero-order valence-electron chi connectivity index (χ0n) is 11.1. The van der Waals surface area contributed by atoms with E-state index in [2.05, 4.69) is 9.88 Å². The van der Waals surface area contributed by atoms with Crippen molar-refractivity contribution in [1.82, 2.24) is 9.88 Å². The van der Waals surface area contributed by atoms with E-state index in [-0.39, 0.29) is 11.7 Å². The Morgan fingerprint density at radius 3 is 2.35 bits per heavy atom. The van der Waals surface area contributed by atoms with Crippen LogP contribution in [0.25, 0.3) is 0 Å². The van der Waals surface area contributed by atoms with Crippen LogP contribution in [0.4, 0.5) is 10.1 Å². The summed E-state index contributed by atoms with van der Waals surface area (Å²) in [5.41, 5.74) is 1.69. The molecule has 1 aromatic heterocycles. The molecule has 1 N–H and O–H groups in total. The molecule has 2 heterocycles. The lowest BCUT2D eigenvalue weighted by atomic mass is 10.2. The third-order valence-electron chi connectivity index (χ3n) is 3.60. The van der Waals surface area contributed by atoms with Crippen molar-refractivity contribution in [2.75, 3.05) is 31.1 Å². The first kappa shape index (κ1) is 12.7. The number of carbonyl (C=O) groups excluding carboxylic acids is 1. The van der Waals surface area contributed by atoms with E-state index in [0.29, 0.717) is 18.7 Å². The highest BCUT2D eigenvalue weighted by Gasteiger charge is 2.22. The van der Waals surface area contributed by atoms with Crippen molar-refractivity contribution in [2.24, 2.45) is 0 Å². The van der Waals surface area contributed by atoms with Crippen molar-refractivity contribution in [3.05, 3.63) is 54.1 Å². The fourth-order valence-corrected chi connectivity index (χ4v) is 2.46. The summed E-state index contributed by atoms with van der Waals surface area (Å²) in [6.07, 6.45) is 3.47. The molecule has 1 aliphatic rings. The molecule has 20 heavy (non-hydrogen) atoms. The first-order chi connectivity index (χ1) is 9.74. The summed E-state index contributed by atoms with van der Waals surface area (Å²) in [6, 6.07) is 8.27. The van der Waals surface area contributed by atoms with Crippen LogP contribution in [0.2, 0.25) is 0 Å². The molecule has 0 spiro atoms. The van der Waals surface area contributed by atoms with Gasteiger partial charge in [0, 0.05) is 44.3 Å². The molecule has 0 unspecified atom stereocenters. The van der Waals surface area contributed by atoms with Crippen LogP contribution in [0, 0.1) is 5.82 Å². The minimum Gasteiger partial charge on any atom is -0.368 e. The molecule has 0 atom stereocenters. The van der Waals surface area contributed by atoms with Crippen molar-refractivity contribution in [3.8, 4) is 0 Å². The molecule has 4 nitrogen and oxygen atoms in total. The van der Waals surface area contributed by atoms with Gasteiger partial charge < -0.3 is 14.8 Å². The highest BCUT2D eigenvalue weighted by atomic mass is 19.1. The molecule has 0 bridgehead atoms. The third-order valence-corrected chi connectivity index (χ3v) is 3.60. The Balaban J connectivity index is 1.62. The molecule has 0 aliphatic carbocycles. The average Bonchev–Trinajstić information content (AvgIpc) is 3.02. The smallest absolute Gasteiger partial charge is 0.255 e. The summed E-state index contributed by atoms with van der Waals surface area (Å²) in [4.78, 5) is 19.1. The number of benzene rings is 1. The number of hydrogen-bond acceptors (Lipinski definition) is 2. The lowest BCUT2D eigenvalue weighted by molar-refractivity contribution is 0.0747. The molecular weight excluding hydrogens is 257 g/mol. The van der Waals surface area contributed by atoms with Gasteiger partial charge in [0.25, 0.3) is 5.91 Å². The van der Waals surface area contributed by atoms with Crippen molar-refractivity contribution >= 4 is 11.6 Å². The van der Waals surface area contributed by atoms with Crippen LogP contribution in [0.3, 0.4) is 0 Å². The van der Waals surface area contributed by atoms with Gasteiger partial charge in [-0.3, -0.25) is 4.79 Å². The summed E-state index contributed by atoms with van der Waals surface area (Å²) in [5.74, 6) is -0.167. The molecule has 5 heteroatoms. The highest BCUT2D eigenvalue weighted by molar-refractivity contribution is 5.94. The lowest BCUT2D eigenvalue weighted by Gasteiger charge is -2.36. The van der Waals surface area contributed by atoms with Crippen LogP contribution in [-0.2, 0) is 0 Å². The number of rotatable bonds is 2. The normalized spacial score (nSPS) is 15.4. The summed E-state index contributed by atoms with van der Waals surface area (Å²) < 4.78 is 12.9. The van der Waals surface area contributed by atoms with E-state index in [1.165, 1.54) is 12.1 Å². The molecular formula is C15H16FN3O. The van der Waals surface area contributed by atoms with E-state index in [1.807, 2.05) is 4.90 Å². The second-order valence-electron chi connectivity index (χ2n) is 4.86. The third kappa shape index (κ3) is 2.52. The number of nitrogens with one attached hydrogen (secondary N) is 1. The maximum atomic E-state index is 12.9. The highest BCUT2D eigenvalue weighted by Crippen LogP contribution is 2.17. The van der Waals surface area contributed by atoms with Gasteiger partial charge in [0.05, 0.1) is 5.56 Å². The SMILES string of the molecule is O=C(c1cc[nH]c1)N1CCN(c2ccc(F)cc2)CC1. The Hall–Kier alpha value is -2.30. The van der Waals surface area contributed by atoms with Gasteiger partial charge in [-0.25, -0.2) is 4.39 Å². The first-order valence-electron chi connectivity index (χ1n) is 6.66. The van der Waals surface area contributed by atoms with E-state index in [0.717, 1.165) is 18.8 Å². The number of piperazine rings is 1. The van der Waals surface area contributed by atoms with Crippen molar-refractivity contribution in [1.29, 1.82) is 0 Å². The van der Waals surface area contributed by atoms with Gasteiger partial charge >= 0.3 is 0 Å². The second-order valence-corrected chi connectivity index (χ2v) is 4.86. The van der Waals surface area contributed by atoms with E-state index in [1.54, 1.807) is 30.6 Å². The lowest BCUT2D eigenvalue weighted by Crippen LogP contribution is -2.48. The summed E-state index contributed by atoms with van der Waals surface area (Å²) in [6.45, 7) is 2.90. The van der Waals surface area contributed by atoms with Crippen LogP contribution >= 0.6 is 0 Å². The molecule has 2 aromatic rings. The van der Waals surface area contributed by atoms with Gasteiger partial charge in [0.2, 0.25) is 0 Å². The zero-order chi connectivity index (χ0) is 13.9. The van der Waals surface area contributed by atoms with Crippen molar-refractivity contribution in [3.63, 3.8) is 0 Å². The van der Waals surface area contributed by atoms with Crippen LogP contribution in [0.15, 0.2) is 42.7 Å². The molecule has 3 rings (SSSR count). The fraction of sp³-hybridized carbons (Fsp3) is 0.267. The summed E-state index contributed by atoms with van der Waals surface area (Å²) in [5, 5.41) is 0. The topological polar surface area (TPSA) is 39.3 Å². The summed E-state index contributed by atoms with van der Waals surface area (Å²) in [7, 11) is 0. The predicted molar refractivity (Wildman–Crippen MR) is 75.3 cm³/mol. The van der Waals surface area contributed by atoms with E-state index in [9.17, 15) is 9.18 Å². The van der Waals surface area contributed by atoms with Crippen LogP contribution in [0.1, 0.15) is 10.4 Å². The van der Waals surface area contributed by atoms with E-state index in [4.69, 9.17) is 0 Å². The van der Waals surface area contributed by atoms with Crippen LogP contribution in [-0.4, -0.2) is 42.0 Å². The molecule has 1 saturated heterocycles. The average molecular weight is 273 g/mol. The van der Waals surface area contributed by atoms with E-state index < -0.39 is 0 Å². The maximum absolute atomic E-state index is 12.9. The minimum atomic E-state index is -0.227. The van der Waals surface area contributed by atoms with Crippen molar-refractivity contribution < 1.29 is 9.18 Å². The standard InChI is InChI=1S/C15H16FN3O/c16-13-1-3-14(4-2-13)18-7-9-19(10-8-18)15(20)12-5-6-17-11-12/h1-6,11,17H,7-10H2. The number of hydrogen-bond donors (Lipinski definition) is 1. The first-order valence-corrected chi connectivity index (χ1v) is 6.66. The number of aromatic nitrogens is 1. The van der Waals surface area contributed by atoms with Crippen molar-refractivity contribution in [2.45, 2.75) is 0 Å². The Morgan fingerprint density at radius 1 is 1.05 bits per heavy atom. The summed E-state index contributed by atoms with van der Waals surface area (Å²) >= 11 is 0. The Labute approximate surface area is 116 Å².